The molecule has 1 aromatic rings. The predicted molar refractivity (Wildman–Crippen MR) is 111 cm³/mol. The molecule has 1 N–H and O–H groups in total. The zero-order valence-electron chi connectivity index (χ0n) is 14.7. The smallest absolute Gasteiger partial charge is 0.183 e. The van der Waals surface area contributed by atoms with Gasteiger partial charge in [-0.1, -0.05) is 35.9 Å². The Morgan fingerprint density at radius 2 is 2.31 bits per heavy atom. The number of carbonyl (C=O) groups excluding carboxylic acids is 1. The van der Waals surface area contributed by atoms with E-state index < -0.39 is 6.17 Å². The van der Waals surface area contributed by atoms with Crippen LogP contribution in [0.3, 0.4) is 0 Å². The van der Waals surface area contributed by atoms with Crippen LogP contribution < -0.4 is 5.32 Å². The fraction of sp³-hybridized carbons (Fsp3) is 0.300. The molecule has 0 radical (unpaired) electrons. The van der Waals surface area contributed by atoms with E-state index in [4.69, 9.17) is 11.6 Å². The van der Waals surface area contributed by atoms with Crippen molar-refractivity contribution in [3.05, 3.63) is 63.1 Å². The van der Waals surface area contributed by atoms with Crippen LogP contribution in [-0.4, -0.2) is 30.8 Å². The molecule has 0 saturated heterocycles. The van der Waals surface area contributed by atoms with Crippen molar-refractivity contribution in [1.29, 1.82) is 0 Å². The van der Waals surface area contributed by atoms with E-state index in [2.05, 4.69) is 26.2 Å². The van der Waals surface area contributed by atoms with Crippen molar-refractivity contribution >= 4 is 45.2 Å². The highest BCUT2D eigenvalue weighted by atomic mass is 79.9. The first kappa shape index (κ1) is 20.6. The average Bonchev–Trinajstić information content (AvgIpc) is 2.63. The maximum Gasteiger partial charge on any atom is 0.183 e. The third-order valence-electron chi connectivity index (χ3n) is 4.00. The third kappa shape index (κ3) is 5.92. The number of anilines is 1. The van der Waals surface area contributed by atoms with Gasteiger partial charge in [-0.25, -0.2) is 4.39 Å². The average molecular weight is 440 g/mol. The highest BCUT2D eigenvalue weighted by Crippen LogP contribution is 2.25. The molecule has 138 valence electrons. The van der Waals surface area contributed by atoms with Crippen molar-refractivity contribution in [2.75, 3.05) is 11.9 Å². The van der Waals surface area contributed by atoms with E-state index in [9.17, 15) is 9.18 Å². The lowest BCUT2D eigenvalue weighted by molar-refractivity contribution is -0.113. The molecule has 0 aromatic heterocycles. The molecule has 0 saturated carbocycles. The second-order valence-corrected chi connectivity index (χ2v) is 7.18. The minimum absolute atomic E-state index is 0.0699. The summed E-state index contributed by atoms with van der Waals surface area (Å²) in [6.45, 7) is 3.86. The van der Waals surface area contributed by atoms with Gasteiger partial charge in [-0.2, -0.15) is 0 Å². The monoisotopic (exact) mass is 438 g/mol. The number of hydrogen-bond acceptors (Lipinski definition) is 3. The maximum absolute atomic E-state index is 13.1. The number of nitrogens with one attached hydrogen (secondary N) is 1. The van der Waals surface area contributed by atoms with Crippen LogP contribution in [0, 0.1) is 0 Å². The molecule has 1 aromatic carbocycles. The second kappa shape index (κ2) is 9.83. The Morgan fingerprint density at radius 1 is 1.54 bits per heavy atom. The number of ketones is 1. The van der Waals surface area contributed by atoms with E-state index in [1.54, 1.807) is 31.4 Å². The van der Waals surface area contributed by atoms with Gasteiger partial charge in [-0.15, -0.1) is 0 Å². The summed E-state index contributed by atoms with van der Waals surface area (Å²) in [5, 5.41) is 3.64. The molecular formula is C20H21BrClFN2O. The minimum Gasteiger partial charge on any atom is -0.378 e. The maximum atomic E-state index is 13.1. The lowest BCUT2D eigenvalue weighted by atomic mass is 10.0. The first-order chi connectivity index (χ1) is 12.4. The lowest BCUT2D eigenvalue weighted by Crippen LogP contribution is -2.17. The highest BCUT2D eigenvalue weighted by molar-refractivity contribution is 9.10. The van der Waals surface area contributed by atoms with Crippen molar-refractivity contribution in [3.63, 3.8) is 0 Å². The van der Waals surface area contributed by atoms with Crippen LogP contribution in [0.2, 0.25) is 5.02 Å². The number of benzene rings is 1. The summed E-state index contributed by atoms with van der Waals surface area (Å²) in [6.07, 6.45) is 7.92. The molecule has 0 heterocycles. The Morgan fingerprint density at radius 3 is 2.92 bits per heavy atom. The van der Waals surface area contributed by atoms with E-state index in [0.717, 1.165) is 15.7 Å². The summed E-state index contributed by atoms with van der Waals surface area (Å²) >= 11 is 9.38. The van der Waals surface area contributed by atoms with Crippen LogP contribution in [0.25, 0.3) is 0 Å². The second-order valence-electron chi connectivity index (χ2n) is 5.92. The summed E-state index contributed by atoms with van der Waals surface area (Å²) in [6, 6.07) is 5.29. The number of rotatable bonds is 7. The zero-order valence-corrected chi connectivity index (χ0v) is 17.0. The lowest BCUT2D eigenvalue weighted by Gasteiger charge is -2.13. The van der Waals surface area contributed by atoms with Crippen molar-refractivity contribution < 1.29 is 9.18 Å². The Kier molecular flexibility index (Phi) is 7.79. The van der Waals surface area contributed by atoms with Crippen LogP contribution >= 0.6 is 27.5 Å². The predicted octanol–water partition coefficient (Wildman–Crippen LogP) is 5.71. The molecule has 2 rings (SSSR count). The highest BCUT2D eigenvalue weighted by Gasteiger charge is 2.12. The van der Waals surface area contributed by atoms with Gasteiger partial charge < -0.3 is 5.32 Å². The Bertz CT molecular complexity index is 786. The van der Waals surface area contributed by atoms with Gasteiger partial charge in [0.05, 0.1) is 17.6 Å². The normalized spacial score (nSPS) is 18.7. The van der Waals surface area contributed by atoms with E-state index in [0.29, 0.717) is 17.0 Å². The number of nitrogens with zero attached hydrogens (tertiary/aromatic N) is 1. The quantitative estimate of drug-likeness (QED) is 0.436. The summed E-state index contributed by atoms with van der Waals surface area (Å²) < 4.78 is 13.9. The van der Waals surface area contributed by atoms with Gasteiger partial charge in [0.2, 0.25) is 0 Å². The molecule has 6 heteroatoms. The number of Topliss-reactive ketones (excluding diaryl/α,β-unsaturated/α-hetero) is 1. The van der Waals surface area contributed by atoms with Crippen LogP contribution in [0.4, 0.5) is 10.1 Å². The zero-order chi connectivity index (χ0) is 19.1. The number of hydrogen-bond donors (Lipinski definition) is 1. The van der Waals surface area contributed by atoms with Crippen LogP contribution in [0.1, 0.15) is 20.3 Å². The molecule has 1 aliphatic carbocycles. The van der Waals surface area contributed by atoms with Gasteiger partial charge in [0, 0.05) is 28.4 Å². The van der Waals surface area contributed by atoms with Gasteiger partial charge in [0.15, 0.2) is 5.78 Å². The van der Waals surface area contributed by atoms with Gasteiger partial charge in [-0.05, 0) is 53.5 Å². The van der Waals surface area contributed by atoms with E-state index in [1.807, 2.05) is 25.1 Å². The molecule has 0 spiro atoms. The minimum atomic E-state index is -0.916. The summed E-state index contributed by atoms with van der Waals surface area (Å²) in [7, 11) is 0. The Hall–Kier alpha value is -1.72. The standard InChI is InChI=1S/C20H21BrClFN2O/c1-3-14(11-24-13(2)15-4-6-16(23)7-5-15)20(26)12-25-17-8-9-18(21)19(22)10-17/h3-6,8-11,13,16,25H,7,12H2,1-2H3/b14-3+,24-11?. The van der Waals surface area contributed by atoms with E-state index >= 15 is 0 Å². The molecular weight excluding hydrogens is 419 g/mol. The van der Waals surface area contributed by atoms with Gasteiger partial charge in [0.1, 0.15) is 6.17 Å². The first-order valence-corrected chi connectivity index (χ1v) is 9.51. The number of alkyl halides is 1. The molecule has 1 aliphatic rings. The Labute approximate surface area is 166 Å². The molecule has 0 aliphatic heterocycles. The molecule has 26 heavy (non-hydrogen) atoms. The number of halogens is 3. The van der Waals surface area contributed by atoms with Crippen LogP contribution in [0.15, 0.2) is 63.1 Å². The number of aliphatic imine (C=N–C) groups is 1. The van der Waals surface area contributed by atoms with E-state index in [1.165, 1.54) is 6.08 Å². The van der Waals surface area contributed by atoms with Gasteiger partial charge in [0.25, 0.3) is 0 Å². The molecule has 0 fully saturated rings. The summed E-state index contributed by atoms with van der Waals surface area (Å²) in [4.78, 5) is 16.8. The fourth-order valence-corrected chi connectivity index (χ4v) is 2.82. The SMILES string of the molecule is C/C=C(\C=NC(C)C1=CCC(F)C=C1)C(=O)CNc1ccc(Br)c(Cl)c1. The van der Waals surface area contributed by atoms with E-state index in [-0.39, 0.29) is 18.4 Å². The molecule has 2 unspecified atom stereocenters. The van der Waals surface area contributed by atoms with Crippen LogP contribution in [-0.2, 0) is 4.79 Å². The fourth-order valence-electron chi connectivity index (χ4n) is 2.40. The van der Waals surface area contributed by atoms with Crippen molar-refractivity contribution in [1.82, 2.24) is 0 Å². The number of carbonyl (C=O) groups is 1. The molecule has 2 atom stereocenters. The first-order valence-electron chi connectivity index (χ1n) is 8.34. The van der Waals surface area contributed by atoms with Crippen molar-refractivity contribution in [3.8, 4) is 0 Å². The van der Waals surface area contributed by atoms with Crippen molar-refractivity contribution in [2.24, 2.45) is 4.99 Å². The summed E-state index contributed by atoms with van der Waals surface area (Å²) in [5.41, 5.74) is 2.25. The molecule has 0 bridgehead atoms. The third-order valence-corrected chi connectivity index (χ3v) is 5.23. The Balaban J connectivity index is 1.93. The summed E-state index contributed by atoms with van der Waals surface area (Å²) in [5.74, 6) is -0.0699. The van der Waals surface area contributed by atoms with Crippen molar-refractivity contribution in [2.45, 2.75) is 32.5 Å². The van der Waals surface area contributed by atoms with Gasteiger partial charge in [-0.3, -0.25) is 9.79 Å². The molecule has 0 amide bonds. The van der Waals surface area contributed by atoms with Crippen LogP contribution in [0.5, 0.6) is 0 Å². The topological polar surface area (TPSA) is 41.5 Å². The number of allylic oxidation sites excluding steroid dienone is 3. The molecule has 3 nitrogen and oxygen atoms in total. The van der Waals surface area contributed by atoms with Gasteiger partial charge >= 0.3 is 0 Å². The largest absolute Gasteiger partial charge is 0.378 e.